The number of carbonyl (C=O) groups is 2. The molecule has 3 aromatic carbocycles. The van der Waals surface area contributed by atoms with E-state index in [1.165, 1.54) is 12.1 Å². The topological polar surface area (TPSA) is 67.9 Å². The van der Waals surface area contributed by atoms with E-state index < -0.39 is 17.8 Å². The van der Waals surface area contributed by atoms with Gasteiger partial charge >= 0.3 is 6.03 Å². The Labute approximate surface area is 184 Å². The van der Waals surface area contributed by atoms with Crippen LogP contribution in [0, 0.1) is 5.82 Å². The van der Waals surface area contributed by atoms with Crippen molar-refractivity contribution >= 4 is 18.0 Å². The monoisotopic (exact) mass is 432 g/mol. The zero-order valence-electron chi connectivity index (χ0n) is 17.4. The molecular formula is C25H21FN2O4. The maximum absolute atomic E-state index is 13.9. The minimum absolute atomic E-state index is 0.102. The van der Waals surface area contributed by atoms with Crippen LogP contribution in [0.3, 0.4) is 0 Å². The zero-order chi connectivity index (χ0) is 22.5. The standard InChI is InChI=1S/C25H21FN2O4/c1-31-22-12-11-18(14-23(22)32-16-17-7-3-2-4-8-17)13-21-24(29)28(25(30)27-21)15-19-9-5-6-10-20(19)26/h2-14H,15-16H2,1H3,(H,27,30)/b21-13+. The largest absolute Gasteiger partial charge is 0.493 e. The number of rotatable bonds is 7. The number of amides is 3. The van der Waals surface area contributed by atoms with Crippen molar-refractivity contribution in [2.24, 2.45) is 0 Å². The van der Waals surface area contributed by atoms with Crippen LogP contribution in [0.2, 0.25) is 0 Å². The molecule has 7 heteroatoms. The molecule has 0 unspecified atom stereocenters. The number of hydrogen-bond acceptors (Lipinski definition) is 4. The van der Waals surface area contributed by atoms with Gasteiger partial charge in [0.2, 0.25) is 0 Å². The highest BCUT2D eigenvalue weighted by Gasteiger charge is 2.34. The van der Waals surface area contributed by atoms with Crippen LogP contribution in [0.25, 0.3) is 6.08 Å². The molecule has 6 nitrogen and oxygen atoms in total. The van der Waals surface area contributed by atoms with Gasteiger partial charge < -0.3 is 14.8 Å². The van der Waals surface area contributed by atoms with Crippen LogP contribution < -0.4 is 14.8 Å². The number of nitrogens with zero attached hydrogens (tertiary/aromatic N) is 1. The molecule has 0 radical (unpaired) electrons. The van der Waals surface area contributed by atoms with Gasteiger partial charge in [-0.25, -0.2) is 9.18 Å². The van der Waals surface area contributed by atoms with E-state index in [2.05, 4.69) is 5.32 Å². The van der Waals surface area contributed by atoms with Crippen molar-refractivity contribution in [1.82, 2.24) is 10.2 Å². The first-order valence-corrected chi connectivity index (χ1v) is 9.98. The van der Waals surface area contributed by atoms with Crippen LogP contribution in [0.5, 0.6) is 11.5 Å². The summed E-state index contributed by atoms with van der Waals surface area (Å²) in [4.78, 5) is 26.0. The third-order valence-corrected chi connectivity index (χ3v) is 4.98. The molecule has 0 bridgehead atoms. The van der Waals surface area contributed by atoms with E-state index >= 15 is 0 Å². The highest BCUT2D eigenvalue weighted by Crippen LogP contribution is 2.30. The second-order valence-corrected chi connectivity index (χ2v) is 7.16. The van der Waals surface area contributed by atoms with Crippen LogP contribution in [0.15, 0.2) is 78.5 Å². The lowest BCUT2D eigenvalue weighted by atomic mass is 10.1. The quantitative estimate of drug-likeness (QED) is 0.441. The Balaban J connectivity index is 1.53. The molecule has 1 fully saturated rings. The van der Waals surface area contributed by atoms with Crippen molar-refractivity contribution < 1.29 is 23.5 Å². The average Bonchev–Trinajstić information content (AvgIpc) is 3.07. The minimum Gasteiger partial charge on any atom is -0.493 e. The predicted octanol–water partition coefficient (Wildman–Crippen LogP) is 4.51. The summed E-state index contributed by atoms with van der Waals surface area (Å²) in [5.74, 6) is 0.0541. The number of urea groups is 1. The van der Waals surface area contributed by atoms with Gasteiger partial charge in [-0.2, -0.15) is 0 Å². The van der Waals surface area contributed by atoms with Crippen LogP contribution in [-0.2, 0) is 17.9 Å². The van der Waals surface area contributed by atoms with E-state index in [1.54, 1.807) is 43.5 Å². The Hall–Kier alpha value is -4.13. The molecule has 0 aliphatic carbocycles. The number of methoxy groups -OCH3 is 1. The third kappa shape index (κ3) is 4.62. The maximum Gasteiger partial charge on any atom is 0.329 e. The Bertz CT molecular complexity index is 1180. The normalized spacial score (nSPS) is 14.6. The number of benzene rings is 3. The minimum atomic E-state index is -0.599. The fourth-order valence-corrected chi connectivity index (χ4v) is 3.31. The molecule has 1 aliphatic heterocycles. The SMILES string of the molecule is COc1ccc(/C=C2/NC(=O)N(Cc3ccccc3F)C2=O)cc1OCc1ccccc1. The van der Waals surface area contributed by atoms with Gasteiger partial charge in [0.25, 0.3) is 5.91 Å². The summed E-state index contributed by atoms with van der Waals surface area (Å²) < 4.78 is 25.2. The van der Waals surface area contributed by atoms with E-state index in [9.17, 15) is 14.0 Å². The van der Waals surface area contributed by atoms with Crippen LogP contribution in [0.4, 0.5) is 9.18 Å². The molecule has 1 aliphatic rings. The highest BCUT2D eigenvalue weighted by atomic mass is 19.1. The summed E-state index contributed by atoms with van der Waals surface area (Å²) >= 11 is 0. The van der Waals surface area contributed by atoms with Gasteiger partial charge in [-0.15, -0.1) is 0 Å². The number of ether oxygens (including phenoxy) is 2. The molecule has 3 amide bonds. The van der Waals surface area contributed by atoms with Crippen molar-refractivity contribution in [1.29, 1.82) is 0 Å². The molecule has 0 aromatic heterocycles. The average molecular weight is 432 g/mol. The second-order valence-electron chi connectivity index (χ2n) is 7.16. The van der Waals surface area contributed by atoms with Crippen LogP contribution >= 0.6 is 0 Å². The number of imide groups is 1. The summed E-state index contributed by atoms with van der Waals surface area (Å²) in [6.45, 7) is 0.200. The first-order valence-electron chi connectivity index (χ1n) is 9.98. The van der Waals surface area contributed by atoms with E-state index in [4.69, 9.17) is 9.47 Å². The van der Waals surface area contributed by atoms with E-state index in [1.807, 2.05) is 30.3 Å². The molecule has 1 heterocycles. The number of halogens is 1. The Morgan fingerprint density at radius 1 is 0.969 bits per heavy atom. The molecule has 32 heavy (non-hydrogen) atoms. The van der Waals surface area contributed by atoms with Crippen LogP contribution in [-0.4, -0.2) is 23.9 Å². The van der Waals surface area contributed by atoms with Gasteiger partial charge in [-0.3, -0.25) is 9.69 Å². The van der Waals surface area contributed by atoms with Gasteiger partial charge in [-0.05, 0) is 35.4 Å². The first kappa shape index (κ1) is 21.1. The highest BCUT2D eigenvalue weighted by molar-refractivity contribution is 6.13. The lowest BCUT2D eigenvalue weighted by Gasteiger charge is -2.12. The summed E-state index contributed by atoms with van der Waals surface area (Å²) in [7, 11) is 1.55. The summed E-state index contributed by atoms with van der Waals surface area (Å²) in [5.41, 5.74) is 2.01. The second kappa shape index (κ2) is 9.34. The van der Waals surface area contributed by atoms with Gasteiger partial charge in [0.15, 0.2) is 11.5 Å². The van der Waals surface area contributed by atoms with Gasteiger partial charge in [-0.1, -0.05) is 54.6 Å². The first-order chi connectivity index (χ1) is 15.5. The molecule has 3 aromatic rings. The Morgan fingerprint density at radius 3 is 2.47 bits per heavy atom. The zero-order valence-corrected chi connectivity index (χ0v) is 17.4. The lowest BCUT2D eigenvalue weighted by molar-refractivity contribution is -0.123. The summed E-state index contributed by atoms with van der Waals surface area (Å²) in [6.07, 6.45) is 1.55. The van der Waals surface area contributed by atoms with Crippen LogP contribution in [0.1, 0.15) is 16.7 Å². The van der Waals surface area contributed by atoms with Gasteiger partial charge in [0.05, 0.1) is 13.7 Å². The molecule has 0 saturated carbocycles. The molecule has 1 saturated heterocycles. The smallest absolute Gasteiger partial charge is 0.329 e. The fraction of sp³-hybridized carbons (Fsp3) is 0.120. The number of hydrogen-bond donors (Lipinski definition) is 1. The Morgan fingerprint density at radius 2 is 1.72 bits per heavy atom. The maximum atomic E-state index is 13.9. The summed E-state index contributed by atoms with van der Waals surface area (Å²) in [6, 6.07) is 20.3. The van der Waals surface area contributed by atoms with Crippen molar-refractivity contribution in [3.63, 3.8) is 0 Å². The van der Waals surface area contributed by atoms with Gasteiger partial charge in [0, 0.05) is 5.56 Å². The number of carbonyl (C=O) groups excluding carboxylic acids is 2. The molecule has 1 N–H and O–H groups in total. The summed E-state index contributed by atoms with van der Waals surface area (Å²) in [5, 5.41) is 2.55. The van der Waals surface area contributed by atoms with E-state index in [0.717, 1.165) is 10.5 Å². The van der Waals surface area contributed by atoms with Crippen molar-refractivity contribution in [3.05, 3.63) is 101 Å². The van der Waals surface area contributed by atoms with E-state index in [0.29, 0.717) is 23.7 Å². The van der Waals surface area contributed by atoms with Gasteiger partial charge in [0.1, 0.15) is 18.1 Å². The molecule has 0 spiro atoms. The molecule has 0 atom stereocenters. The van der Waals surface area contributed by atoms with E-state index in [-0.39, 0.29) is 17.8 Å². The lowest BCUT2D eigenvalue weighted by Crippen LogP contribution is -2.30. The molecular weight excluding hydrogens is 411 g/mol. The third-order valence-electron chi connectivity index (χ3n) is 4.98. The van der Waals surface area contributed by atoms with Crippen molar-refractivity contribution in [3.8, 4) is 11.5 Å². The number of nitrogens with one attached hydrogen (secondary N) is 1. The predicted molar refractivity (Wildman–Crippen MR) is 117 cm³/mol. The molecule has 4 rings (SSSR count). The van der Waals surface area contributed by atoms with Crippen molar-refractivity contribution in [2.45, 2.75) is 13.2 Å². The Kier molecular flexibility index (Phi) is 6.17. The van der Waals surface area contributed by atoms with Crippen molar-refractivity contribution in [2.75, 3.05) is 7.11 Å². The molecule has 162 valence electrons. The fourth-order valence-electron chi connectivity index (χ4n) is 3.31.